The van der Waals surface area contributed by atoms with Gasteiger partial charge in [-0.3, -0.25) is 14.4 Å². The van der Waals surface area contributed by atoms with E-state index in [1.807, 2.05) is 24.3 Å². The van der Waals surface area contributed by atoms with Crippen LogP contribution in [0.5, 0.6) is 0 Å². The molecule has 3 aromatic rings. The van der Waals surface area contributed by atoms with Crippen molar-refractivity contribution in [3.05, 3.63) is 65.0 Å². The molecule has 11 nitrogen and oxygen atoms in total. The van der Waals surface area contributed by atoms with Gasteiger partial charge in [0.05, 0.1) is 25.0 Å². The summed E-state index contributed by atoms with van der Waals surface area (Å²) in [6.07, 6.45) is 11.7. The maximum atomic E-state index is 14.6. The predicted octanol–water partition coefficient (Wildman–Crippen LogP) is 6.86. The summed E-state index contributed by atoms with van der Waals surface area (Å²) in [5.41, 5.74) is 7.93. The molecule has 2 aliphatic carbocycles. The molecule has 0 radical (unpaired) electrons. The Morgan fingerprint density at radius 1 is 0.981 bits per heavy atom. The first-order valence-electron chi connectivity index (χ1n) is 19.7. The van der Waals surface area contributed by atoms with E-state index < -0.39 is 40.0 Å². The number of ketones is 2. The van der Waals surface area contributed by atoms with Crippen LogP contribution in [0.3, 0.4) is 0 Å². The first-order valence-corrected chi connectivity index (χ1v) is 22.0. The first kappa shape index (κ1) is 40.5. The van der Waals surface area contributed by atoms with Crippen LogP contribution in [0.1, 0.15) is 106 Å². The standard InChI is InChI=1S/C41H55ClN4O7S/c1-54(50,51)45-35(20-17-27-7-3-2-4-8-27)41(49)46-25-33(52-26-30-15-18-32(42)19-16-30)23-36(46)37(47)22-31(21-28-11-13-29(24-43)14-12-28)39(48)40-44-34-9-5-6-10-38(34)53-40/h5-6,9-10,15-16,18-19,27-29,31,33,35-36,45H,2-4,7-8,11-14,17,20-26,43H2,1H3/t28?,29?,31-,33-,35-,36+/m1/s1. The van der Waals surface area contributed by atoms with Gasteiger partial charge in [0.25, 0.3) is 5.89 Å². The Morgan fingerprint density at radius 3 is 2.37 bits per heavy atom. The summed E-state index contributed by atoms with van der Waals surface area (Å²) in [6, 6.07) is 12.6. The second-order valence-corrected chi connectivity index (χ2v) is 18.1. The fraction of sp³-hybridized carbons (Fsp3) is 0.610. The van der Waals surface area contributed by atoms with Crippen LogP contribution in [0.4, 0.5) is 0 Å². The summed E-state index contributed by atoms with van der Waals surface area (Å²) in [7, 11) is -3.74. The maximum Gasteiger partial charge on any atom is 0.264 e. The summed E-state index contributed by atoms with van der Waals surface area (Å²) in [5, 5.41) is 0.606. The lowest BCUT2D eigenvalue weighted by Gasteiger charge is -2.31. The number of oxazole rings is 1. The van der Waals surface area contributed by atoms with Gasteiger partial charge in [0.2, 0.25) is 21.7 Å². The van der Waals surface area contributed by atoms with Gasteiger partial charge in [-0.2, -0.15) is 0 Å². The van der Waals surface area contributed by atoms with E-state index in [0.717, 1.165) is 69.6 Å². The zero-order valence-corrected chi connectivity index (χ0v) is 32.9. The van der Waals surface area contributed by atoms with Crippen molar-refractivity contribution in [1.29, 1.82) is 0 Å². The summed E-state index contributed by atoms with van der Waals surface area (Å²) in [5.74, 6) is -0.607. The van der Waals surface area contributed by atoms with Gasteiger partial charge >= 0.3 is 0 Å². The molecule has 6 rings (SSSR count). The van der Waals surface area contributed by atoms with Gasteiger partial charge in [-0.15, -0.1) is 0 Å². The third kappa shape index (κ3) is 11.0. The van der Waals surface area contributed by atoms with Crippen molar-refractivity contribution in [3.63, 3.8) is 0 Å². The molecule has 1 saturated heterocycles. The smallest absolute Gasteiger partial charge is 0.264 e. The number of amides is 1. The second-order valence-electron chi connectivity index (χ2n) is 15.9. The Labute approximate surface area is 324 Å². The number of hydrogen-bond acceptors (Lipinski definition) is 9. The van der Waals surface area contributed by atoms with Crippen LogP contribution < -0.4 is 10.5 Å². The third-order valence-corrected chi connectivity index (χ3v) is 12.8. The molecule has 2 heterocycles. The quantitative estimate of drug-likeness (QED) is 0.139. The Bertz CT molecular complexity index is 1800. The van der Waals surface area contributed by atoms with Crippen LogP contribution in [-0.2, 0) is 31.0 Å². The number of carbonyl (C=O) groups excluding carboxylic acids is 3. The topological polar surface area (TPSA) is 162 Å². The lowest BCUT2D eigenvalue weighted by molar-refractivity contribution is -0.139. The zero-order chi connectivity index (χ0) is 38.2. The van der Waals surface area contributed by atoms with Crippen molar-refractivity contribution >= 4 is 50.2 Å². The number of benzene rings is 2. The van der Waals surface area contributed by atoms with Gasteiger partial charge in [-0.05, 0) is 86.2 Å². The fourth-order valence-electron chi connectivity index (χ4n) is 8.75. The molecule has 2 aromatic carbocycles. The van der Waals surface area contributed by atoms with E-state index in [2.05, 4.69) is 9.71 Å². The van der Waals surface area contributed by atoms with Gasteiger partial charge in [0.15, 0.2) is 11.4 Å². The van der Waals surface area contributed by atoms with Crippen LogP contribution in [-0.4, -0.2) is 73.3 Å². The Morgan fingerprint density at radius 2 is 1.69 bits per heavy atom. The number of fused-ring (bicyclic) bond motifs is 1. The summed E-state index contributed by atoms with van der Waals surface area (Å²) in [4.78, 5) is 49.2. The molecule has 4 atom stereocenters. The molecule has 3 aliphatic rings. The SMILES string of the molecule is CS(=O)(=O)N[C@H](CCC1CCCCC1)C(=O)N1C[C@H](OCc2ccc(Cl)cc2)C[C@H]1C(=O)C[C@@H](CC1CCC(CN)CC1)C(=O)c1nc2ccccc2o1. The number of Topliss-reactive ketones (excluding diaryl/α,β-unsaturated/α-hetero) is 2. The van der Waals surface area contributed by atoms with Gasteiger partial charge < -0.3 is 19.8 Å². The van der Waals surface area contributed by atoms with Gasteiger partial charge in [-0.25, -0.2) is 18.1 Å². The number of hydrogen-bond donors (Lipinski definition) is 2. The normalized spacial score (nSPS) is 23.7. The van der Waals surface area contributed by atoms with Crippen LogP contribution in [0.25, 0.3) is 11.1 Å². The highest BCUT2D eigenvalue weighted by atomic mass is 35.5. The van der Waals surface area contributed by atoms with Crippen LogP contribution in [0.15, 0.2) is 52.9 Å². The molecule has 13 heteroatoms. The number of nitrogens with one attached hydrogen (secondary N) is 1. The number of sulfonamides is 1. The molecular weight excluding hydrogens is 728 g/mol. The van der Waals surface area contributed by atoms with Gasteiger partial charge in [-0.1, -0.05) is 80.8 Å². The number of halogens is 1. The molecule has 3 N–H and O–H groups in total. The van der Waals surface area contributed by atoms with Crippen LogP contribution in [0, 0.1) is 23.7 Å². The molecule has 0 unspecified atom stereocenters. The van der Waals surface area contributed by atoms with Crippen molar-refractivity contribution in [1.82, 2.24) is 14.6 Å². The minimum absolute atomic E-state index is 0.0201. The molecule has 1 aromatic heterocycles. The monoisotopic (exact) mass is 782 g/mol. The fourth-order valence-corrected chi connectivity index (χ4v) is 9.61. The molecule has 0 bridgehead atoms. The van der Waals surface area contributed by atoms with E-state index in [1.54, 1.807) is 24.3 Å². The molecule has 294 valence electrons. The minimum Gasteiger partial charge on any atom is -0.434 e. The molecule has 1 aliphatic heterocycles. The number of rotatable bonds is 17. The minimum atomic E-state index is -3.74. The van der Waals surface area contributed by atoms with Crippen LogP contribution >= 0.6 is 11.6 Å². The van der Waals surface area contributed by atoms with Crippen molar-refractivity contribution in [2.24, 2.45) is 29.4 Å². The van der Waals surface area contributed by atoms with E-state index in [1.165, 1.54) is 11.3 Å². The van der Waals surface area contributed by atoms with Crippen molar-refractivity contribution in [3.8, 4) is 0 Å². The lowest BCUT2D eigenvalue weighted by atomic mass is 9.76. The Kier molecular flexibility index (Phi) is 14.0. The second kappa shape index (κ2) is 18.7. The average molecular weight is 783 g/mol. The van der Waals surface area contributed by atoms with Crippen molar-refractivity contribution in [2.75, 3.05) is 19.3 Å². The molecule has 54 heavy (non-hydrogen) atoms. The maximum absolute atomic E-state index is 14.6. The highest BCUT2D eigenvalue weighted by Crippen LogP contribution is 2.36. The first-order chi connectivity index (χ1) is 26.0. The molecule has 2 saturated carbocycles. The summed E-state index contributed by atoms with van der Waals surface area (Å²) < 4.78 is 40.0. The molecular formula is C41H55ClN4O7S. The number of nitrogens with zero attached hydrogens (tertiary/aromatic N) is 2. The Hall–Kier alpha value is -3.16. The third-order valence-electron chi connectivity index (χ3n) is 11.8. The largest absolute Gasteiger partial charge is 0.434 e. The summed E-state index contributed by atoms with van der Waals surface area (Å²) >= 11 is 6.09. The summed E-state index contributed by atoms with van der Waals surface area (Å²) in [6.45, 7) is 1.02. The number of aromatic nitrogens is 1. The molecule has 0 spiro atoms. The number of para-hydroxylation sites is 2. The van der Waals surface area contributed by atoms with Gasteiger partial charge in [0, 0.05) is 30.3 Å². The predicted molar refractivity (Wildman–Crippen MR) is 208 cm³/mol. The van der Waals surface area contributed by atoms with E-state index in [9.17, 15) is 22.8 Å². The number of ether oxygens (including phenoxy) is 1. The van der Waals surface area contributed by atoms with Gasteiger partial charge in [0.1, 0.15) is 11.6 Å². The number of carbonyl (C=O) groups is 3. The lowest BCUT2D eigenvalue weighted by Crippen LogP contribution is -2.52. The number of nitrogens with two attached hydrogens (primary N) is 1. The van der Waals surface area contributed by atoms with Crippen molar-refractivity contribution < 1.29 is 32.0 Å². The highest BCUT2D eigenvalue weighted by molar-refractivity contribution is 7.88. The zero-order valence-electron chi connectivity index (χ0n) is 31.3. The van der Waals surface area contributed by atoms with Crippen LogP contribution in [0.2, 0.25) is 5.02 Å². The number of likely N-dealkylation sites (tertiary alicyclic amines) is 1. The van der Waals surface area contributed by atoms with Crippen molar-refractivity contribution in [2.45, 2.75) is 115 Å². The van der Waals surface area contributed by atoms with E-state index in [0.29, 0.717) is 47.3 Å². The Balaban J connectivity index is 1.24. The van der Waals surface area contributed by atoms with E-state index >= 15 is 0 Å². The van der Waals surface area contributed by atoms with E-state index in [-0.39, 0.29) is 49.4 Å². The van der Waals surface area contributed by atoms with E-state index in [4.69, 9.17) is 26.5 Å². The molecule has 1 amide bonds. The highest BCUT2D eigenvalue weighted by Gasteiger charge is 2.44. The average Bonchev–Trinajstić information content (AvgIpc) is 3.81. The molecule has 3 fully saturated rings.